The lowest BCUT2D eigenvalue weighted by atomic mass is 9.92. The van der Waals surface area contributed by atoms with Gasteiger partial charge in [0.05, 0.1) is 5.56 Å². The molecule has 19 heavy (non-hydrogen) atoms. The molecule has 1 rings (SSSR count). The summed E-state index contributed by atoms with van der Waals surface area (Å²) in [5.41, 5.74) is 4.89. The van der Waals surface area contributed by atoms with Crippen LogP contribution in [0.3, 0.4) is 0 Å². The topological polar surface area (TPSA) is 92.4 Å². The largest absolute Gasteiger partial charge is 0.480 e. The number of halogens is 1. The van der Waals surface area contributed by atoms with Gasteiger partial charge in [0.15, 0.2) is 0 Å². The molecule has 0 heterocycles. The maximum absolute atomic E-state index is 11.5. The molecule has 4 N–H and O–H groups in total. The molecule has 0 fully saturated rings. The number of carboxylic acids is 1. The van der Waals surface area contributed by atoms with Crippen molar-refractivity contribution in [3.8, 4) is 0 Å². The summed E-state index contributed by atoms with van der Waals surface area (Å²) in [6, 6.07) is 4.90. The van der Waals surface area contributed by atoms with E-state index in [1.54, 1.807) is 32.0 Å². The van der Waals surface area contributed by atoms with Gasteiger partial charge in [-0.3, -0.25) is 4.79 Å². The number of carbonyl (C=O) groups is 2. The summed E-state index contributed by atoms with van der Waals surface area (Å²) in [4.78, 5) is 22.8. The van der Waals surface area contributed by atoms with Gasteiger partial charge in [-0.25, -0.2) is 4.79 Å². The molecule has 0 aromatic heterocycles. The van der Waals surface area contributed by atoms with E-state index in [2.05, 4.69) is 21.2 Å². The lowest BCUT2D eigenvalue weighted by molar-refractivity contribution is -0.142. The average Bonchev–Trinajstić information content (AvgIpc) is 2.35. The maximum Gasteiger partial charge on any atom is 0.329 e. The number of nitrogens with two attached hydrogens (primary N) is 1. The predicted octanol–water partition coefficient (Wildman–Crippen LogP) is 2.60. The number of carbonyl (C=O) groups excluding carboxylic acids is 1. The number of anilines is 1. The number of aliphatic carboxylic acids is 1. The lowest BCUT2D eigenvalue weighted by Gasteiger charge is -2.30. The number of benzene rings is 1. The molecule has 0 spiro atoms. The van der Waals surface area contributed by atoms with Crippen molar-refractivity contribution in [2.75, 3.05) is 5.32 Å². The Morgan fingerprint density at radius 3 is 2.37 bits per heavy atom. The number of rotatable bonds is 6. The first-order chi connectivity index (χ1) is 8.86. The molecule has 0 bridgehead atoms. The van der Waals surface area contributed by atoms with Crippen LogP contribution < -0.4 is 11.1 Å². The van der Waals surface area contributed by atoms with Crippen molar-refractivity contribution in [1.82, 2.24) is 0 Å². The van der Waals surface area contributed by atoms with Gasteiger partial charge >= 0.3 is 5.97 Å². The van der Waals surface area contributed by atoms with Gasteiger partial charge in [0.2, 0.25) is 0 Å². The minimum Gasteiger partial charge on any atom is -0.480 e. The van der Waals surface area contributed by atoms with Crippen molar-refractivity contribution in [3.05, 3.63) is 28.2 Å². The molecule has 0 aliphatic carbocycles. The first-order valence-electron chi connectivity index (χ1n) is 5.97. The first-order valence-corrected chi connectivity index (χ1v) is 6.76. The Kier molecular flexibility index (Phi) is 4.94. The monoisotopic (exact) mass is 328 g/mol. The molecule has 6 heteroatoms. The van der Waals surface area contributed by atoms with Crippen LogP contribution >= 0.6 is 15.9 Å². The van der Waals surface area contributed by atoms with E-state index in [0.717, 1.165) is 4.47 Å². The zero-order valence-corrected chi connectivity index (χ0v) is 12.5. The van der Waals surface area contributed by atoms with Gasteiger partial charge in [0, 0.05) is 10.2 Å². The van der Waals surface area contributed by atoms with E-state index in [9.17, 15) is 14.7 Å². The number of hydrogen-bond acceptors (Lipinski definition) is 3. The molecule has 0 saturated heterocycles. The Bertz CT molecular complexity index is 499. The number of primary amides is 1. The molecule has 1 aromatic rings. The smallest absolute Gasteiger partial charge is 0.329 e. The number of nitrogens with one attached hydrogen (secondary N) is 1. The van der Waals surface area contributed by atoms with Crippen LogP contribution in [0.2, 0.25) is 0 Å². The second-order valence-electron chi connectivity index (χ2n) is 4.27. The molecule has 0 saturated carbocycles. The zero-order chi connectivity index (χ0) is 14.6. The van der Waals surface area contributed by atoms with Crippen LogP contribution in [0, 0.1) is 0 Å². The fraction of sp³-hybridized carbons (Fsp3) is 0.385. The Labute approximate surface area is 120 Å². The summed E-state index contributed by atoms with van der Waals surface area (Å²) in [6.45, 7) is 3.57. The van der Waals surface area contributed by atoms with Crippen molar-refractivity contribution < 1.29 is 14.7 Å². The molecule has 0 atom stereocenters. The third kappa shape index (κ3) is 3.26. The Morgan fingerprint density at radius 1 is 1.37 bits per heavy atom. The van der Waals surface area contributed by atoms with E-state index in [1.165, 1.54) is 0 Å². The van der Waals surface area contributed by atoms with Gasteiger partial charge in [0.25, 0.3) is 5.91 Å². The Morgan fingerprint density at radius 2 is 1.95 bits per heavy atom. The number of carboxylic acid groups (broad SMARTS) is 1. The fourth-order valence-electron chi connectivity index (χ4n) is 1.88. The van der Waals surface area contributed by atoms with Crippen LogP contribution in [0.4, 0.5) is 5.69 Å². The molecule has 0 unspecified atom stereocenters. The summed E-state index contributed by atoms with van der Waals surface area (Å²) in [5, 5.41) is 12.3. The highest BCUT2D eigenvalue weighted by Gasteiger charge is 2.35. The molecule has 0 aliphatic rings. The summed E-state index contributed by atoms with van der Waals surface area (Å²) in [6.07, 6.45) is 0.785. The summed E-state index contributed by atoms with van der Waals surface area (Å²) >= 11 is 3.29. The molecular formula is C13H17BrN2O3. The van der Waals surface area contributed by atoms with Gasteiger partial charge in [0.1, 0.15) is 5.54 Å². The molecular weight excluding hydrogens is 312 g/mol. The lowest BCUT2D eigenvalue weighted by Crippen LogP contribution is -2.45. The van der Waals surface area contributed by atoms with Crippen molar-refractivity contribution in [2.24, 2.45) is 5.73 Å². The van der Waals surface area contributed by atoms with E-state index in [-0.39, 0.29) is 5.56 Å². The molecule has 1 aromatic carbocycles. The van der Waals surface area contributed by atoms with Crippen LogP contribution in [-0.4, -0.2) is 22.5 Å². The second kappa shape index (κ2) is 6.06. The maximum atomic E-state index is 11.5. The minimum absolute atomic E-state index is 0.274. The summed E-state index contributed by atoms with van der Waals surface area (Å²) in [7, 11) is 0. The van der Waals surface area contributed by atoms with Gasteiger partial charge in [-0.15, -0.1) is 0 Å². The van der Waals surface area contributed by atoms with E-state index in [4.69, 9.17) is 5.73 Å². The quantitative estimate of drug-likeness (QED) is 0.748. The Balaban J connectivity index is 3.26. The van der Waals surface area contributed by atoms with Crippen molar-refractivity contribution >= 4 is 33.5 Å². The molecule has 0 radical (unpaired) electrons. The number of amides is 1. The van der Waals surface area contributed by atoms with Crippen LogP contribution in [0.15, 0.2) is 22.7 Å². The van der Waals surface area contributed by atoms with Crippen LogP contribution in [0.1, 0.15) is 37.0 Å². The zero-order valence-electron chi connectivity index (χ0n) is 10.9. The fourth-order valence-corrected chi connectivity index (χ4v) is 2.24. The van der Waals surface area contributed by atoms with E-state index in [0.29, 0.717) is 18.5 Å². The van der Waals surface area contributed by atoms with Crippen molar-refractivity contribution in [2.45, 2.75) is 32.2 Å². The molecule has 1 amide bonds. The minimum atomic E-state index is -1.11. The van der Waals surface area contributed by atoms with Gasteiger partial charge in [-0.2, -0.15) is 0 Å². The van der Waals surface area contributed by atoms with E-state index >= 15 is 0 Å². The normalized spacial score (nSPS) is 11.1. The average molecular weight is 329 g/mol. The molecule has 104 valence electrons. The molecule has 5 nitrogen and oxygen atoms in total. The van der Waals surface area contributed by atoms with Gasteiger partial charge in [-0.1, -0.05) is 29.8 Å². The highest BCUT2D eigenvalue weighted by molar-refractivity contribution is 9.10. The highest BCUT2D eigenvalue weighted by atomic mass is 79.9. The van der Waals surface area contributed by atoms with Gasteiger partial charge < -0.3 is 16.2 Å². The van der Waals surface area contributed by atoms with Crippen molar-refractivity contribution in [1.29, 1.82) is 0 Å². The predicted molar refractivity (Wildman–Crippen MR) is 77.2 cm³/mol. The third-order valence-corrected chi connectivity index (χ3v) is 3.73. The Hall–Kier alpha value is -1.56. The van der Waals surface area contributed by atoms with Crippen LogP contribution in [-0.2, 0) is 4.79 Å². The second-order valence-corrected chi connectivity index (χ2v) is 5.19. The molecule has 0 aliphatic heterocycles. The SMILES string of the molecule is CCC(CC)(Nc1cc(Br)ccc1C(N)=O)C(=O)O. The van der Waals surface area contributed by atoms with E-state index < -0.39 is 17.4 Å². The van der Waals surface area contributed by atoms with Crippen molar-refractivity contribution in [3.63, 3.8) is 0 Å². The highest BCUT2D eigenvalue weighted by Crippen LogP contribution is 2.28. The number of hydrogen-bond donors (Lipinski definition) is 3. The van der Waals surface area contributed by atoms with E-state index in [1.807, 2.05) is 0 Å². The first kappa shape index (κ1) is 15.5. The third-order valence-electron chi connectivity index (χ3n) is 3.24. The standard InChI is InChI=1S/C13H17BrN2O3/c1-3-13(4-2,12(18)19)16-10-7-8(14)5-6-9(10)11(15)17/h5-7,16H,3-4H2,1-2H3,(H2,15,17)(H,18,19). The van der Waals surface area contributed by atoms with Gasteiger partial charge in [-0.05, 0) is 31.0 Å². The van der Waals surface area contributed by atoms with Crippen LogP contribution in [0.5, 0.6) is 0 Å². The van der Waals surface area contributed by atoms with Crippen LogP contribution in [0.25, 0.3) is 0 Å². The summed E-state index contributed by atoms with van der Waals surface area (Å²) < 4.78 is 0.742. The summed E-state index contributed by atoms with van der Waals surface area (Å²) in [5.74, 6) is -1.55.